The number of nitrogens with zero attached hydrogens (tertiary/aromatic N) is 1. The maximum atomic E-state index is 12.7. The summed E-state index contributed by atoms with van der Waals surface area (Å²) in [7, 11) is 0. The van der Waals surface area contributed by atoms with E-state index in [1.54, 1.807) is 4.90 Å². The SMILES string of the molecule is CC(C)C1CCN(CC(C(=N)N)C(F)(F)F)CC1. The average molecular weight is 265 g/mol. The van der Waals surface area contributed by atoms with Crippen molar-refractivity contribution < 1.29 is 13.2 Å². The number of nitrogens with two attached hydrogens (primary N) is 1. The van der Waals surface area contributed by atoms with Gasteiger partial charge in [-0.05, 0) is 37.8 Å². The fourth-order valence-electron chi connectivity index (χ4n) is 2.44. The molecule has 0 saturated carbocycles. The molecule has 1 fully saturated rings. The Labute approximate surface area is 106 Å². The summed E-state index contributed by atoms with van der Waals surface area (Å²) in [5, 5.41) is 7.06. The highest BCUT2D eigenvalue weighted by Gasteiger charge is 2.43. The lowest BCUT2D eigenvalue weighted by Crippen LogP contribution is -2.46. The van der Waals surface area contributed by atoms with Crippen LogP contribution in [0.25, 0.3) is 0 Å². The molecule has 1 atom stereocenters. The first kappa shape index (κ1) is 15.3. The first-order chi connectivity index (χ1) is 8.21. The lowest BCUT2D eigenvalue weighted by molar-refractivity contribution is -0.160. The zero-order valence-electron chi connectivity index (χ0n) is 10.9. The van der Waals surface area contributed by atoms with E-state index < -0.39 is 17.9 Å². The van der Waals surface area contributed by atoms with E-state index in [9.17, 15) is 13.2 Å². The van der Waals surface area contributed by atoms with Crippen molar-refractivity contribution in [1.82, 2.24) is 4.90 Å². The van der Waals surface area contributed by atoms with E-state index >= 15 is 0 Å². The van der Waals surface area contributed by atoms with Crippen LogP contribution in [-0.2, 0) is 0 Å². The van der Waals surface area contributed by atoms with Crippen molar-refractivity contribution in [2.75, 3.05) is 19.6 Å². The van der Waals surface area contributed by atoms with Gasteiger partial charge in [0.1, 0.15) is 11.8 Å². The molecule has 0 aliphatic carbocycles. The fraction of sp³-hybridized carbons (Fsp3) is 0.917. The topological polar surface area (TPSA) is 53.1 Å². The van der Waals surface area contributed by atoms with Gasteiger partial charge in [0.25, 0.3) is 0 Å². The smallest absolute Gasteiger partial charge is 0.387 e. The van der Waals surface area contributed by atoms with Gasteiger partial charge in [-0.15, -0.1) is 0 Å². The Bertz CT molecular complexity index is 281. The number of amidine groups is 1. The number of alkyl halides is 3. The van der Waals surface area contributed by atoms with Crippen LogP contribution in [0.4, 0.5) is 13.2 Å². The van der Waals surface area contributed by atoms with Crippen molar-refractivity contribution in [3.05, 3.63) is 0 Å². The molecule has 0 amide bonds. The van der Waals surface area contributed by atoms with Gasteiger partial charge in [0.2, 0.25) is 0 Å². The molecule has 106 valence electrons. The minimum Gasteiger partial charge on any atom is -0.387 e. The maximum absolute atomic E-state index is 12.7. The number of rotatable bonds is 4. The second-order valence-corrected chi connectivity index (χ2v) is 5.43. The van der Waals surface area contributed by atoms with Crippen LogP contribution in [0.15, 0.2) is 0 Å². The number of hydrogen-bond donors (Lipinski definition) is 2. The molecule has 0 aromatic heterocycles. The highest BCUT2D eigenvalue weighted by molar-refractivity contribution is 5.80. The average Bonchev–Trinajstić information content (AvgIpc) is 2.24. The minimum absolute atomic E-state index is 0.177. The molecule has 3 nitrogen and oxygen atoms in total. The van der Waals surface area contributed by atoms with Crippen molar-refractivity contribution in [2.45, 2.75) is 32.9 Å². The zero-order valence-corrected chi connectivity index (χ0v) is 10.9. The maximum Gasteiger partial charge on any atom is 0.399 e. The molecular formula is C12H22F3N3. The molecule has 6 heteroatoms. The van der Waals surface area contributed by atoms with Gasteiger partial charge >= 0.3 is 6.18 Å². The van der Waals surface area contributed by atoms with Gasteiger partial charge < -0.3 is 10.6 Å². The molecule has 18 heavy (non-hydrogen) atoms. The van der Waals surface area contributed by atoms with Crippen LogP contribution in [-0.4, -0.2) is 36.5 Å². The predicted octanol–water partition coefficient (Wildman–Crippen LogP) is 2.47. The van der Waals surface area contributed by atoms with Gasteiger partial charge in [-0.3, -0.25) is 5.41 Å². The van der Waals surface area contributed by atoms with Crippen molar-refractivity contribution >= 4 is 5.84 Å². The molecule has 1 saturated heterocycles. The Kier molecular flexibility index (Phi) is 5.01. The van der Waals surface area contributed by atoms with E-state index in [4.69, 9.17) is 11.1 Å². The Hall–Kier alpha value is -0.780. The van der Waals surface area contributed by atoms with Crippen LogP contribution < -0.4 is 5.73 Å². The molecule has 0 aromatic carbocycles. The Balaban J connectivity index is 2.51. The molecule has 0 bridgehead atoms. The Morgan fingerprint density at radius 2 is 1.83 bits per heavy atom. The van der Waals surface area contributed by atoms with E-state index in [1.807, 2.05) is 0 Å². The lowest BCUT2D eigenvalue weighted by Gasteiger charge is -2.35. The quantitative estimate of drug-likeness (QED) is 0.606. The second-order valence-electron chi connectivity index (χ2n) is 5.43. The van der Waals surface area contributed by atoms with E-state index in [-0.39, 0.29) is 6.54 Å². The molecule has 0 radical (unpaired) electrons. The minimum atomic E-state index is -4.42. The fourth-order valence-corrected chi connectivity index (χ4v) is 2.44. The van der Waals surface area contributed by atoms with Crippen molar-refractivity contribution in [3.63, 3.8) is 0 Å². The second kappa shape index (κ2) is 5.91. The highest BCUT2D eigenvalue weighted by atomic mass is 19.4. The molecule has 1 rings (SSSR count). The number of likely N-dealkylation sites (tertiary alicyclic amines) is 1. The van der Waals surface area contributed by atoms with Gasteiger partial charge in [0, 0.05) is 6.54 Å². The van der Waals surface area contributed by atoms with E-state index in [0.29, 0.717) is 24.9 Å². The third-order valence-corrected chi connectivity index (χ3v) is 3.79. The number of piperidine rings is 1. The summed E-state index contributed by atoms with van der Waals surface area (Å²) in [6.45, 7) is 5.46. The van der Waals surface area contributed by atoms with Gasteiger partial charge in [-0.25, -0.2) is 0 Å². The van der Waals surface area contributed by atoms with Crippen LogP contribution in [0.2, 0.25) is 0 Å². The Morgan fingerprint density at radius 1 is 1.33 bits per heavy atom. The molecule has 1 aliphatic rings. The molecule has 0 aromatic rings. The summed E-state index contributed by atoms with van der Waals surface area (Å²) in [6.07, 6.45) is -2.55. The Morgan fingerprint density at radius 3 is 2.17 bits per heavy atom. The van der Waals surface area contributed by atoms with Gasteiger partial charge in [-0.1, -0.05) is 13.8 Å². The van der Waals surface area contributed by atoms with Crippen LogP contribution in [0.3, 0.4) is 0 Å². The van der Waals surface area contributed by atoms with E-state index in [1.165, 1.54) is 0 Å². The number of hydrogen-bond acceptors (Lipinski definition) is 2. The largest absolute Gasteiger partial charge is 0.399 e. The van der Waals surface area contributed by atoms with Crippen LogP contribution in [0, 0.1) is 23.2 Å². The van der Waals surface area contributed by atoms with Gasteiger partial charge in [0.15, 0.2) is 0 Å². The summed E-state index contributed by atoms with van der Waals surface area (Å²) in [5.41, 5.74) is 5.05. The van der Waals surface area contributed by atoms with Gasteiger partial charge in [0.05, 0.1) is 0 Å². The van der Waals surface area contributed by atoms with E-state index in [0.717, 1.165) is 12.8 Å². The number of halogens is 3. The molecule has 3 N–H and O–H groups in total. The monoisotopic (exact) mass is 265 g/mol. The summed E-state index contributed by atoms with van der Waals surface area (Å²) in [4.78, 5) is 1.78. The summed E-state index contributed by atoms with van der Waals surface area (Å²) < 4.78 is 38.0. The molecule has 0 spiro atoms. The van der Waals surface area contributed by atoms with Crippen molar-refractivity contribution in [2.24, 2.45) is 23.5 Å². The lowest BCUT2D eigenvalue weighted by atomic mass is 9.86. The summed E-state index contributed by atoms with van der Waals surface area (Å²) >= 11 is 0. The summed E-state index contributed by atoms with van der Waals surface area (Å²) in [5.74, 6) is -1.43. The standard InChI is InChI=1S/C12H22F3N3/c1-8(2)9-3-5-18(6-4-9)7-10(11(16)17)12(13,14)15/h8-10H,3-7H2,1-2H3,(H3,16,17). The highest BCUT2D eigenvalue weighted by Crippen LogP contribution is 2.29. The summed E-state index contributed by atoms with van der Waals surface area (Å²) in [6, 6.07) is 0. The number of nitrogens with one attached hydrogen (secondary N) is 1. The first-order valence-corrected chi connectivity index (χ1v) is 6.34. The normalized spacial score (nSPS) is 21.2. The molecular weight excluding hydrogens is 243 g/mol. The molecule has 1 heterocycles. The predicted molar refractivity (Wildman–Crippen MR) is 65.5 cm³/mol. The van der Waals surface area contributed by atoms with Crippen LogP contribution in [0.1, 0.15) is 26.7 Å². The van der Waals surface area contributed by atoms with Gasteiger partial charge in [-0.2, -0.15) is 13.2 Å². The first-order valence-electron chi connectivity index (χ1n) is 6.34. The zero-order chi connectivity index (χ0) is 13.9. The molecule has 1 aliphatic heterocycles. The van der Waals surface area contributed by atoms with Crippen LogP contribution in [0.5, 0.6) is 0 Å². The van der Waals surface area contributed by atoms with E-state index in [2.05, 4.69) is 13.8 Å². The van der Waals surface area contributed by atoms with Crippen molar-refractivity contribution in [3.8, 4) is 0 Å². The third-order valence-electron chi connectivity index (χ3n) is 3.79. The third kappa shape index (κ3) is 4.15. The van der Waals surface area contributed by atoms with Crippen LogP contribution >= 0.6 is 0 Å². The van der Waals surface area contributed by atoms with Crippen molar-refractivity contribution in [1.29, 1.82) is 5.41 Å². The molecule has 1 unspecified atom stereocenters.